The molecule has 0 bridgehead atoms. The fourth-order valence-corrected chi connectivity index (χ4v) is 2.40. The number of benzene rings is 1. The molecular weight excluding hydrogens is 274 g/mol. The lowest BCUT2D eigenvalue weighted by Crippen LogP contribution is -2.23. The van der Waals surface area contributed by atoms with E-state index in [1.165, 1.54) is 6.26 Å². The highest BCUT2D eigenvalue weighted by Gasteiger charge is 2.06. The Labute approximate surface area is 122 Å². The summed E-state index contributed by atoms with van der Waals surface area (Å²) in [6.07, 6.45) is 4.48. The minimum atomic E-state index is -3.12. The Morgan fingerprint density at radius 2 is 1.75 bits per heavy atom. The largest absolute Gasteiger partial charge is 0.494 e. The van der Waals surface area contributed by atoms with Crippen LogP contribution in [0.3, 0.4) is 0 Å². The summed E-state index contributed by atoms with van der Waals surface area (Å²) in [5.74, 6) is 0.720. The predicted molar refractivity (Wildman–Crippen MR) is 82.0 cm³/mol. The standard InChI is InChI=1S/C15H25NO3S/c1-13(2)16-11-5-4-6-12-19-14-7-9-15(10-8-14)20(3,17)18/h7-10,13,16H,4-6,11-12H2,1-3H3. The first-order valence-corrected chi connectivity index (χ1v) is 8.95. The molecule has 0 saturated heterocycles. The molecule has 5 heteroatoms. The zero-order valence-corrected chi connectivity index (χ0v) is 13.4. The van der Waals surface area contributed by atoms with Gasteiger partial charge in [0.15, 0.2) is 9.84 Å². The smallest absolute Gasteiger partial charge is 0.175 e. The first kappa shape index (κ1) is 17.0. The van der Waals surface area contributed by atoms with Crippen molar-refractivity contribution in [1.82, 2.24) is 5.32 Å². The van der Waals surface area contributed by atoms with Crippen molar-refractivity contribution >= 4 is 9.84 Å². The van der Waals surface area contributed by atoms with E-state index < -0.39 is 9.84 Å². The third-order valence-electron chi connectivity index (χ3n) is 2.89. The number of rotatable bonds is 9. The summed E-state index contributed by atoms with van der Waals surface area (Å²) in [6, 6.07) is 7.11. The van der Waals surface area contributed by atoms with Crippen LogP contribution in [0.1, 0.15) is 33.1 Å². The van der Waals surface area contributed by atoms with Crippen LogP contribution >= 0.6 is 0 Å². The van der Waals surface area contributed by atoms with E-state index in [9.17, 15) is 8.42 Å². The second-order valence-corrected chi connectivity index (χ2v) is 7.28. The third-order valence-corrected chi connectivity index (χ3v) is 4.02. The van der Waals surface area contributed by atoms with E-state index in [2.05, 4.69) is 19.2 Å². The van der Waals surface area contributed by atoms with Crippen molar-refractivity contribution in [1.29, 1.82) is 0 Å². The lowest BCUT2D eigenvalue weighted by atomic mass is 10.2. The molecule has 0 amide bonds. The van der Waals surface area contributed by atoms with Crippen LogP contribution in [0.15, 0.2) is 29.2 Å². The van der Waals surface area contributed by atoms with Crippen molar-refractivity contribution in [3.63, 3.8) is 0 Å². The van der Waals surface area contributed by atoms with Crippen molar-refractivity contribution < 1.29 is 13.2 Å². The number of hydrogen-bond donors (Lipinski definition) is 1. The molecule has 0 aliphatic heterocycles. The van der Waals surface area contributed by atoms with Crippen LogP contribution in [0.25, 0.3) is 0 Å². The van der Waals surface area contributed by atoms with Crippen molar-refractivity contribution in [3.05, 3.63) is 24.3 Å². The van der Waals surface area contributed by atoms with E-state index in [-0.39, 0.29) is 0 Å². The summed E-state index contributed by atoms with van der Waals surface area (Å²) in [5, 5.41) is 3.38. The second-order valence-electron chi connectivity index (χ2n) is 5.26. The number of hydrogen-bond acceptors (Lipinski definition) is 4. The van der Waals surface area contributed by atoms with Gasteiger partial charge in [-0.25, -0.2) is 8.42 Å². The van der Waals surface area contributed by atoms with Gasteiger partial charge in [0.1, 0.15) is 5.75 Å². The highest BCUT2D eigenvalue weighted by atomic mass is 32.2. The average Bonchev–Trinajstić information content (AvgIpc) is 2.37. The fraction of sp³-hybridized carbons (Fsp3) is 0.600. The van der Waals surface area contributed by atoms with Gasteiger partial charge in [-0.05, 0) is 50.1 Å². The van der Waals surface area contributed by atoms with Crippen LogP contribution in [-0.2, 0) is 9.84 Å². The molecule has 20 heavy (non-hydrogen) atoms. The molecule has 0 fully saturated rings. The van der Waals surface area contributed by atoms with E-state index in [4.69, 9.17) is 4.74 Å². The molecule has 0 unspecified atom stereocenters. The Morgan fingerprint density at radius 1 is 1.10 bits per heavy atom. The topological polar surface area (TPSA) is 55.4 Å². The predicted octanol–water partition coefficient (Wildman–Crippen LogP) is 2.64. The lowest BCUT2D eigenvalue weighted by Gasteiger charge is -2.08. The SMILES string of the molecule is CC(C)NCCCCCOc1ccc(S(C)(=O)=O)cc1. The van der Waals surface area contributed by atoms with Crippen molar-refractivity contribution in [2.75, 3.05) is 19.4 Å². The summed E-state index contributed by atoms with van der Waals surface area (Å²) in [5.41, 5.74) is 0. The molecule has 1 aromatic rings. The first-order valence-electron chi connectivity index (χ1n) is 7.06. The maximum Gasteiger partial charge on any atom is 0.175 e. The van der Waals surface area contributed by atoms with Crippen molar-refractivity contribution in [3.8, 4) is 5.75 Å². The summed E-state index contributed by atoms with van der Waals surface area (Å²) in [4.78, 5) is 0.324. The highest BCUT2D eigenvalue weighted by molar-refractivity contribution is 7.90. The van der Waals surface area contributed by atoms with Gasteiger partial charge in [0, 0.05) is 12.3 Å². The summed E-state index contributed by atoms with van der Waals surface area (Å²) in [7, 11) is -3.12. The van der Waals surface area contributed by atoms with Crippen LogP contribution in [0.5, 0.6) is 5.75 Å². The molecule has 0 spiro atoms. The van der Waals surface area contributed by atoms with Gasteiger partial charge in [0.05, 0.1) is 11.5 Å². The van der Waals surface area contributed by atoms with Crippen LogP contribution in [0, 0.1) is 0 Å². The highest BCUT2D eigenvalue weighted by Crippen LogP contribution is 2.16. The Hall–Kier alpha value is -1.07. The van der Waals surface area contributed by atoms with E-state index in [1.807, 2.05) is 0 Å². The number of unbranched alkanes of at least 4 members (excludes halogenated alkanes) is 2. The molecule has 1 aromatic carbocycles. The normalized spacial score (nSPS) is 11.8. The monoisotopic (exact) mass is 299 g/mol. The number of sulfone groups is 1. The van der Waals surface area contributed by atoms with Crippen molar-refractivity contribution in [2.24, 2.45) is 0 Å². The Bertz CT molecular complexity index is 480. The molecule has 0 aliphatic rings. The third kappa shape index (κ3) is 6.91. The number of ether oxygens (including phenoxy) is 1. The second kappa shape index (κ2) is 8.27. The molecule has 0 atom stereocenters. The van der Waals surface area contributed by atoms with Gasteiger partial charge in [-0.1, -0.05) is 13.8 Å². The van der Waals surface area contributed by atoms with E-state index in [1.54, 1.807) is 24.3 Å². The van der Waals surface area contributed by atoms with Crippen LogP contribution < -0.4 is 10.1 Å². The van der Waals surface area contributed by atoms with Crippen LogP contribution in [0.2, 0.25) is 0 Å². The zero-order valence-electron chi connectivity index (χ0n) is 12.6. The van der Waals surface area contributed by atoms with Gasteiger partial charge in [0.25, 0.3) is 0 Å². The fourth-order valence-electron chi connectivity index (χ4n) is 1.77. The quantitative estimate of drug-likeness (QED) is 0.712. The molecule has 0 heterocycles. The van der Waals surface area contributed by atoms with E-state index >= 15 is 0 Å². The Morgan fingerprint density at radius 3 is 2.30 bits per heavy atom. The van der Waals surface area contributed by atoms with Gasteiger partial charge in [-0.2, -0.15) is 0 Å². The Balaban J connectivity index is 2.20. The molecule has 1 rings (SSSR count). The van der Waals surface area contributed by atoms with Gasteiger partial charge < -0.3 is 10.1 Å². The molecule has 0 radical (unpaired) electrons. The lowest BCUT2D eigenvalue weighted by molar-refractivity contribution is 0.304. The van der Waals surface area contributed by atoms with Gasteiger partial charge in [0.2, 0.25) is 0 Å². The van der Waals surface area contributed by atoms with Gasteiger partial charge in [-0.15, -0.1) is 0 Å². The minimum absolute atomic E-state index is 0.324. The molecular formula is C15H25NO3S. The number of nitrogens with one attached hydrogen (secondary N) is 1. The molecule has 0 saturated carbocycles. The van der Waals surface area contributed by atoms with Crippen molar-refractivity contribution in [2.45, 2.75) is 44.0 Å². The van der Waals surface area contributed by atoms with Crippen LogP contribution in [0.4, 0.5) is 0 Å². The zero-order chi connectivity index (χ0) is 15.0. The maximum absolute atomic E-state index is 11.3. The van der Waals surface area contributed by atoms with Crippen LogP contribution in [-0.4, -0.2) is 33.9 Å². The summed E-state index contributed by atoms with van der Waals surface area (Å²) >= 11 is 0. The molecule has 0 aliphatic carbocycles. The first-order chi connectivity index (χ1) is 9.39. The van der Waals surface area contributed by atoms with Gasteiger partial charge in [-0.3, -0.25) is 0 Å². The molecule has 0 aromatic heterocycles. The van der Waals surface area contributed by atoms with E-state index in [0.29, 0.717) is 17.5 Å². The Kier molecular flexibility index (Phi) is 7.02. The minimum Gasteiger partial charge on any atom is -0.494 e. The molecule has 1 N–H and O–H groups in total. The maximum atomic E-state index is 11.3. The van der Waals surface area contributed by atoms with E-state index in [0.717, 1.165) is 31.6 Å². The molecule has 114 valence electrons. The summed E-state index contributed by atoms with van der Waals surface area (Å²) in [6.45, 7) is 5.99. The molecule has 4 nitrogen and oxygen atoms in total. The summed E-state index contributed by atoms with van der Waals surface area (Å²) < 4.78 is 28.2. The van der Waals surface area contributed by atoms with Gasteiger partial charge >= 0.3 is 0 Å². The average molecular weight is 299 g/mol.